The first kappa shape index (κ1) is 15.5. The van der Waals surface area contributed by atoms with Crippen LogP contribution in [0.5, 0.6) is 0 Å². The minimum absolute atomic E-state index is 0. The van der Waals surface area contributed by atoms with E-state index >= 15 is 0 Å². The molecule has 3 nitrogen and oxygen atoms in total. The Morgan fingerprint density at radius 3 is 2.56 bits per heavy atom. The van der Waals surface area contributed by atoms with Crippen molar-refractivity contribution in [3.05, 3.63) is 12.2 Å². The summed E-state index contributed by atoms with van der Waals surface area (Å²) < 4.78 is 10.8. The maximum Gasteiger partial charge on any atom is 0.157 e. The van der Waals surface area contributed by atoms with Crippen molar-refractivity contribution in [1.29, 1.82) is 0 Å². The van der Waals surface area contributed by atoms with E-state index in [0.717, 1.165) is 31.1 Å². The Labute approximate surface area is 145 Å². The van der Waals surface area contributed by atoms with Crippen molar-refractivity contribution in [2.24, 2.45) is 17.8 Å². The van der Waals surface area contributed by atoms with Crippen molar-refractivity contribution < 1.29 is 58.6 Å². The standard InChI is InChI=1S/C14H22O3.Ac/c15-13(3-4-14-16-5-6-17-14)9-12-8-10-1-2-11(12)7-10;/h1-2,10-15H,3-9H2;. The molecule has 4 heteroatoms. The summed E-state index contributed by atoms with van der Waals surface area (Å²) in [5.41, 5.74) is 0. The number of hydrogen-bond acceptors (Lipinski definition) is 3. The van der Waals surface area contributed by atoms with E-state index in [0.29, 0.717) is 19.1 Å². The molecule has 0 spiro atoms. The van der Waals surface area contributed by atoms with Crippen molar-refractivity contribution >= 4 is 0 Å². The molecule has 0 aromatic carbocycles. The van der Waals surface area contributed by atoms with Crippen molar-refractivity contribution in [1.82, 2.24) is 0 Å². The van der Waals surface area contributed by atoms with Crippen LogP contribution in [0.25, 0.3) is 0 Å². The molecule has 0 aromatic rings. The predicted octanol–water partition coefficient (Wildman–Crippen LogP) is 2.10. The Hall–Kier alpha value is 1.06. The Morgan fingerprint density at radius 1 is 1.17 bits per heavy atom. The summed E-state index contributed by atoms with van der Waals surface area (Å²) in [7, 11) is 0. The normalized spacial score (nSPS) is 35.9. The molecule has 2 bridgehead atoms. The maximum absolute atomic E-state index is 10.1. The van der Waals surface area contributed by atoms with Crippen molar-refractivity contribution in [2.45, 2.75) is 44.5 Å². The number of aliphatic hydroxyl groups is 1. The van der Waals surface area contributed by atoms with E-state index < -0.39 is 0 Å². The van der Waals surface area contributed by atoms with Gasteiger partial charge in [-0.15, -0.1) is 0 Å². The fourth-order valence-corrected chi connectivity index (χ4v) is 3.54. The van der Waals surface area contributed by atoms with Crippen LogP contribution in [-0.2, 0) is 9.47 Å². The molecule has 4 unspecified atom stereocenters. The second-order valence-electron chi connectivity index (χ2n) is 5.68. The summed E-state index contributed by atoms with van der Waals surface area (Å²) in [5, 5.41) is 10.1. The number of ether oxygens (including phenoxy) is 2. The summed E-state index contributed by atoms with van der Waals surface area (Å²) in [6.45, 7) is 1.41. The molecule has 2 aliphatic carbocycles. The second-order valence-corrected chi connectivity index (χ2v) is 5.68. The van der Waals surface area contributed by atoms with Crippen LogP contribution in [0.1, 0.15) is 32.1 Å². The minimum Gasteiger partial charge on any atom is -0.393 e. The molecule has 99 valence electrons. The van der Waals surface area contributed by atoms with Gasteiger partial charge in [0.15, 0.2) is 6.29 Å². The molecule has 3 aliphatic rings. The SMILES string of the molecule is OC(CCC1OCCO1)CC1CC2C=CC1C2.[Ac]. The number of hydrogen-bond donors (Lipinski definition) is 1. The van der Waals surface area contributed by atoms with Gasteiger partial charge in [0, 0.05) is 50.5 Å². The summed E-state index contributed by atoms with van der Waals surface area (Å²) in [6.07, 6.45) is 9.67. The minimum atomic E-state index is -0.180. The fraction of sp³-hybridized carbons (Fsp3) is 0.857. The van der Waals surface area contributed by atoms with Gasteiger partial charge in [0.1, 0.15) is 0 Å². The topological polar surface area (TPSA) is 38.7 Å². The van der Waals surface area contributed by atoms with Gasteiger partial charge in [0.25, 0.3) is 0 Å². The van der Waals surface area contributed by atoms with Crippen LogP contribution >= 0.6 is 0 Å². The summed E-state index contributed by atoms with van der Waals surface area (Å²) in [4.78, 5) is 0. The quantitative estimate of drug-likeness (QED) is 0.633. The van der Waals surface area contributed by atoms with Crippen LogP contribution in [0.4, 0.5) is 0 Å². The van der Waals surface area contributed by atoms with Gasteiger partial charge in [-0.25, -0.2) is 0 Å². The largest absolute Gasteiger partial charge is 0.393 e. The first-order valence-electron chi connectivity index (χ1n) is 6.91. The zero-order valence-corrected chi connectivity index (χ0v) is 15.6. The molecule has 1 N–H and O–H groups in total. The first-order valence-corrected chi connectivity index (χ1v) is 6.91. The summed E-state index contributed by atoms with van der Waals surface area (Å²) >= 11 is 0. The van der Waals surface area contributed by atoms with Gasteiger partial charge in [0.05, 0.1) is 19.3 Å². The Kier molecular flexibility index (Phi) is 6.16. The third-order valence-corrected chi connectivity index (χ3v) is 4.42. The van der Waals surface area contributed by atoms with E-state index in [4.69, 9.17) is 9.47 Å². The van der Waals surface area contributed by atoms with Crippen LogP contribution in [0, 0.1) is 61.8 Å². The van der Waals surface area contributed by atoms with E-state index in [2.05, 4.69) is 12.2 Å². The number of aliphatic hydroxyl groups excluding tert-OH is 1. The smallest absolute Gasteiger partial charge is 0.157 e. The number of allylic oxidation sites excluding steroid dienone is 2. The molecule has 2 fully saturated rings. The predicted molar refractivity (Wildman–Crippen MR) is 64.4 cm³/mol. The van der Waals surface area contributed by atoms with E-state index in [1.165, 1.54) is 12.8 Å². The van der Waals surface area contributed by atoms with Gasteiger partial charge >= 0.3 is 0 Å². The zero-order valence-electron chi connectivity index (χ0n) is 10.8. The van der Waals surface area contributed by atoms with Crippen LogP contribution in [0.2, 0.25) is 0 Å². The van der Waals surface area contributed by atoms with Gasteiger partial charge in [-0.05, 0) is 43.4 Å². The van der Waals surface area contributed by atoms with E-state index in [1.54, 1.807) is 0 Å². The number of rotatable bonds is 5. The van der Waals surface area contributed by atoms with Crippen LogP contribution in [0.3, 0.4) is 0 Å². The van der Waals surface area contributed by atoms with E-state index in [1.807, 2.05) is 0 Å². The Bertz CT molecular complexity index is 289. The van der Waals surface area contributed by atoms with Crippen LogP contribution in [0.15, 0.2) is 12.2 Å². The third kappa shape index (κ3) is 3.79. The molecule has 1 aliphatic heterocycles. The van der Waals surface area contributed by atoms with Gasteiger partial charge in [-0.2, -0.15) is 0 Å². The molecule has 0 amide bonds. The Balaban J connectivity index is 0.00000120. The van der Waals surface area contributed by atoms with Crippen molar-refractivity contribution in [3.8, 4) is 0 Å². The average molecular weight is 465 g/mol. The monoisotopic (exact) mass is 465 g/mol. The third-order valence-electron chi connectivity index (χ3n) is 4.42. The van der Waals surface area contributed by atoms with Crippen molar-refractivity contribution in [3.63, 3.8) is 0 Å². The molecule has 1 saturated heterocycles. The van der Waals surface area contributed by atoms with E-state index in [9.17, 15) is 5.11 Å². The fourth-order valence-electron chi connectivity index (χ4n) is 3.54. The number of fused-ring (bicyclic) bond motifs is 2. The second kappa shape index (κ2) is 7.18. The van der Waals surface area contributed by atoms with Crippen LogP contribution in [-0.4, -0.2) is 30.7 Å². The van der Waals surface area contributed by atoms with Gasteiger partial charge < -0.3 is 14.6 Å². The first-order chi connectivity index (χ1) is 8.31. The molecule has 4 atom stereocenters. The van der Waals surface area contributed by atoms with Gasteiger partial charge in [-0.3, -0.25) is 0 Å². The van der Waals surface area contributed by atoms with Crippen molar-refractivity contribution in [2.75, 3.05) is 13.2 Å². The Morgan fingerprint density at radius 2 is 1.94 bits per heavy atom. The molecule has 3 rings (SSSR count). The summed E-state index contributed by atoms with van der Waals surface area (Å²) in [6, 6.07) is 0. The van der Waals surface area contributed by atoms with Gasteiger partial charge in [0.2, 0.25) is 0 Å². The van der Waals surface area contributed by atoms with Gasteiger partial charge in [-0.1, -0.05) is 12.2 Å². The molecule has 1 heterocycles. The van der Waals surface area contributed by atoms with Crippen LogP contribution < -0.4 is 0 Å². The summed E-state index contributed by atoms with van der Waals surface area (Å²) in [5.74, 6) is 2.26. The molecular weight excluding hydrogens is 443 g/mol. The van der Waals surface area contributed by atoms with E-state index in [-0.39, 0.29) is 56.5 Å². The zero-order chi connectivity index (χ0) is 11.7. The average Bonchev–Trinajstić information content (AvgIpc) is 3.03. The molecule has 1 saturated carbocycles. The molecular formula is C14H22AcO3. The maximum atomic E-state index is 10.1. The molecule has 0 aromatic heterocycles. The molecule has 18 heavy (non-hydrogen) atoms. The molecule has 1 radical (unpaired) electrons.